The molecule has 1 aromatic rings. The average molecular weight is 261 g/mol. The minimum absolute atomic E-state index is 0.0153. The Morgan fingerprint density at radius 1 is 1.26 bits per heavy atom. The first kappa shape index (κ1) is 14.0. The van der Waals surface area contributed by atoms with Crippen LogP contribution < -0.4 is 5.32 Å². The zero-order chi connectivity index (χ0) is 14.0. The minimum atomic E-state index is 0.0153. The molecule has 4 nitrogen and oxygen atoms in total. The smallest absolute Gasteiger partial charge is 0.255 e. The first-order valence-corrected chi connectivity index (χ1v) is 6.88. The summed E-state index contributed by atoms with van der Waals surface area (Å²) >= 11 is 0. The van der Waals surface area contributed by atoms with Crippen molar-refractivity contribution in [2.45, 2.75) is 33.1 Å². The number of pyridine rings is 1. The highest BCUT2D eigenvalue weighted by molar-refractivity contribution is 5.95. The van der Waals surface area contributed by atoms with E-state index in [0.29, 0.717) is 0 Å². The largest absolute Gasteiger partial charge is 0.336 e. The molecular formula is C15H23N3O. The van der Waals surface area contributed by atoms with Gasteiger partial charge in [0.2, 0.25) is 0 Å². The average Bonchev–Trinajstić information content (AvgIpc) is 2.38. The molecule has 1 fully saturated rings. The fourth-order valence-electron chi connectivity index (χ4n) is 2.24. The van der Waals surface area contributed by atoms with Crippen LogP contribution in [0.5, 0.6) is 0 Å². The second-order valence-corrected chi connectivity index (χ2v) is 6.12. The summed E-state index contributed by atoms with van der Waals surface area (Å²) in [5, 5.41) is 3.26. The zero-order valence-corrected chi connectivity index (χ0v) is 12.3. The summed E-state index contributed by atoms with van der Waals surface area (Å²) < 4.78 is 0. The van der Waals surface area contributed by atoms with E-state index < -0.39 is 0 Å². The van der Waals surface area contributed by atoms with Crippen molar-refractivity contribution in [1.82, 2.24) is 15.2 Å². The van der Waals surface area contributed by atoms with E-state index in [0.717, 1.165) is 43.1 Å². The summed E-state index contributed by atoms with van der Waals surface area (Å²) in [6.45, 7) is 11.6. The second-order valence-electron chi connectivity index (χ2n) is 6.12. The quantitative estimate of drug-likeness (QED) is 0.837. The third-order valence-electron chi connectivity index (χ3n) is 3.49. The van der Waals surface area contributed by atoms with E-state index in [1.807, 2.05) is 24.0 Å². The van der Waals surface area contributed by atoms with Crippen LogP contribution >= 0.6 is 0 Å². The molecule has 0 aliphatic carbocycles. The Morgan fingerprint density at radius 2 is 1.89 bits per heavy atom. The Morgan fingerprint density at radius 3 is 2.42 bits per heavy atom. The van der Waals surface area contributed by atoms with Crippen molar-refractivity contribution in [3.63, 3.8) is 0 Å². The predicted molar refractivity (Wildman–Crippen MR) is 76.4 cm³/mol. The Balaban J connectivity index is 2.23. The number of amides is 1. The van der Waals surface area contributed by atoms with Gasteiger partial charge in [-0.25, -0.2) is 0 Å². The van der Waals surface area contributed by atoms with E-state index in [-0.39, 0.29) is 11.3 Å². The van der Waals surface area contributed by atoms with E-state index in [1.165, 1.54) is 0 Å². The molecule has 0 atom stereocenters. The van der Waals surface area contributed by atoms with E-state index >= 15 is 0 Å². The minimum Gasteiger partial charge on any atom is -0.336 e. The highest BCUT2D eigenvalue weighted by Crippen LogP contribution is 2.22. The summed E-state index contributed by atoms with van der Waals surface area (Å²) in [4.78, 5) is 18.9. The Kier molecular flexibility index (Phi) is 3.90. The van der Waals surface area contributed by atoms with Gasteiger partial charge in [-0.1, -0.05) is 20.8 Å². The molecule has 19 heavy (non-hydrogen) atoms. The summed E-state index contributed by atoms with van der Waals surface area (Å²) in [6, 6.07) is 3.90. The zero-order valence-electron chi connectivity index (χ0n) is 12.3. The van der Waals surface area contributed by atoms with Crippen LogP contribution in [0.15, 0.2) is 12.1 Å². The number of aromatic nitrogens is 1. The van der Waals surface area contributed by atoms with Gasteiger partial charge in [0.1, 0.15) is 0 Å². The van der Waals surface area contributed by atoms with E-state index in [1.54, 1.807) is 0 Å². The standard InChI is InChI=1S/C15H23N3O/c1-11-12(5-6-13(17-11)15(2,3)4)14(19)18-9-7-16-8-10-18/h5-6,16H,7-10H2,1-4H3. The predicted octanol–water partition coefficient (Wildman–Crippen LogP) is 1.73. The van der Waals surface area contributed by atoms with Crippen molar-refractivity contribution < 1.29 is 4.79 Å². The molecule has 4 heteroatoms. The molecule has 1 aromatic heterocycles. The van der Waals surface area contributed by atoms with Crippen molar-refractivity contribution >= 4 is 5.91 Å². The number of nitrogens with zero attached hydrogens (tertiary/aromatic N) is 2. The Hall–Kier alpha value is -1.42. The van der Waals surface area contributed by atoms with Gasteiger partial charge in [0.15, 0.2) is 0 Å². The molecule has 0 unspecified atom stereocenters. The molecule has 0 aromatic carbocycles. The molecule has 1 amide bonds. The lowest BCUT2D eigenvalue weighted by Gasteiger charge is -2.28. The van der Waals surface area contributed by atoms with Gasteiger partial charge in [0, 0.05) is 37.3 Å². The van der Waals surface area contributed by atoms with Gasteiger partial charge in [-0.3, -0.25) is 9.78 Å². The van der Waals surface area contributed by atoms with Crippen LogP contribution in [-0.4, -0.2) is 42.0 Å². The number of nitrogens with one attached hydrogen (secondary N) is 1. The summed E-state index contributed by atoms with van der Waals surface area (Å²) in [5.74, 6) is 0.104. The van der Waals surface area contributed by atoms with E-state index in [2.05, 4.69) is 31.1 Å². The summed E-state index contributed by atoms with van der Waals surface area (Å²) in [7, 11) is 0. The maximum Gasteiger partial charge on any atom is 0.255 e. The van der Waals surface area contributed by atoms with Gasteiger partial charge in [-0.2, -0.15) is 0 Å². The van der Waals surface area contributed by atoms with Crippen LogP contribution in [0.1, 0.15) is 42.5 Å². The lowest BCUT2D eigenvalue weighted by Crippen LogP contribution is -2.46. The van der Waals surface area contributed by atoms with E-state index in [4.69, 9.17) is 0 Å². The van der Waals surface area contributed by atoms with Crippen LogP contribution in [0, 0.1) is 6.92 Å². The maximum absolute atomic E-state index is 12.4. The Bertz CT molecular complexity index is 471. The Labute approximate surface area is 115 Å². The van der Waals surface area contributed by atoms with Crippen molar-refractivity contribution in [1.29, 1.82) is 0 Å². The fraction of sp³-hybridized carbons (Fsp3) is 0.600. The maximum atomic E-state index is 12.4. The number of piperazine rings is 1. The molecule has 0 spiro atoms. The van der Waals surface area contributed by atoms with Crippen LogP contribution in [0.2, 0.25) is 0 Å². The number of hydrogen-bond donors (Lipinski definition) is 1. The fourth-order valence-corrected chi connectivity index (χ4v) is 2.24. The van der Waals surface area contributed by atoms with Crippen LogP contribution in [0.3, 0.4) is 0 Å². The number of aryl methyl sites for hydroxylation is 1. The molecule has 1 N–H and O–H groups in total. The third kappa shape index (κ3) is 3.13. The van der Waals surface area contributed by atoms with Crippen LogP contribution in [0.4, 0.5) is 0 Å². The van der Waals surface area contributed by atoms with Crippen LogP contribution in [-0.2, 0) is 5.41 Å². The van der Waals surface area contributed by atoms with E-state index in [9.17, 15) is 4.79 Å². The molecule has 104 valence electrons. The topological polar surface area (TPSA) is 45.2 Å². The third-order valence-corrected chi connectivity index (χ3v) is 3.49. The van der Waals surface area contributed by atoms with Crippen molar-refractivity contribution in [2.75, 3.05) is 26.2 Å². The molecule has 1 saturated heterocycles. The van der Waals surface area contributed by atoms with Crippen molar-refractivity contribution in [3.8, 4) is 0 Å². The molecule has 0 radical (unpaired) electrons. The normalized spacial score (nSPS) is 16.5. The number of hydrogen-bond acceptors (Lipinski definition) is 3. The van der Waals surface area contributed by atoms with Gasteiger partial charge in [-0.15, -0.1) is 0 Å². The van der Waals surface area contributed by atoms with Gasteiger partial charge in [0.25, 0.3) is 5.91 Å². The summed E-state index contributed by atoms with van der Waals surface area (Å²) in [5.41, 5.74) is 2.61. The molecule has 0 bridgehead atoms. The van der Waals surface area contributed by atoms with Crippen LogP contribution in [0.25, 0.3) is 0 Å². The number of carbonyl (C=O) groups excluding carboxylic acids is 1. The number of carbonyl (C=O) groups is 1. The van der Waals surface area contributed by atoms with Gasteiger partial charge in [-0.05, 0) is 19.1 Å². The van der Waals surface area contributed by atoms with Gasteiger partial charge in [0.05, 0.1) is 11.3 Å². The molecular weight excluding hydrogens is 238 g/mol. The molecule has 2 heterocycles. The second kappa shape index (κ2) is 5.29. The van der Waals surface area contributed by atoms with Crippen molar-refractivity contribution in [2.24, 2.45) is 0 Å². The number of rotatable bonds is 1. The monoisotopic (exact) mass is 261 g/mol. The molecule has 0 saturated carbocycles. The molecule has 2 rings (SSSR count). The lowest BCUT2D eigenvalue weighted by atomic mass is 9.91. The van der Waals surface area contributed by atoms with Gasteiger partial charge < -0.3 is 10.2 Å². The first-order chi connectivity index (χ1) is 8.89. The lowest BCUT2D eigenvalue weighted by molar-refractivity contribution is 0.0734. The molecule has 1 aliphatic heterocycles. The van der Waals surface area contributed by atoms with Gasteiger partial charge >= 0.3 is 0 Å². The molecule has 1 aliphatic rings. The highest BCUT2D eigenvalue weighted by atomic mass is 16.2. The van der Waals surface area contributed by atoms with Crippen molar-refractivity contribution in [3.05, 3.63) is 29.1 Å². The first-order valence-electron chi connectivity index (χ1n) is 6.88. The SMILES string of the molecule is Cc1nc(C(C)(C)C)ccc1C(=O)N1CCNCC1. The summed E-state index contributed by atoms with van der Waals surface area (Å²) in [6.07, 6.45) is 0. The highest BCUT2D eigenvalue weighted by Gasteiger charge is 2.22.